The summed E-state index contributed by atoms with van der Waals surface area (Å²) in [6.45, 7) is 1.34. The zero-order chi connectivity index (χ0) is 13.1. The third-order valence-electron chi connectivity index (χ3n) is 3.07. The van der Waals surface area contributed by atoms with Gasteiger partial charge in [-0.15, -0.1) is 0 Å². The first-order valence-corrected chi connectivity index (χ1v) is 7.33. The van der Waals surface area contributed by atoms with Crippen molar-refractivity contribution in [2.45, 2.75) is 12.8 Å². The molecule has 0 bridgehead atoms. The van der Waals surface area contributed by atoms with Gasteiger partial charge in [0.15, 0.2) is 0 Å². The molecule has 94 valence electrons. The number of likely N-dealkylation sites (tertiary alicyclic amines) is 1. The smallest absolute Gasteiger partial charge is 0.253 e. The van der Waals surface area contributed by atoms with Crippen molar-refractivity contribution in [2.24, 2.45) is 5.92 Å². The highest BCUT2D eigenvalue weighted by Gasteiger charge is 2.23. The number of hydrogen-bond acceptors (Lipinski definition) is 2. The second-order valence-corrected chi connectivity index (χ2v) is 6.19. The van der Waals surface area contributed by atoms with Gasteiger partial charge in [-0.05, 0) is 31.0 Å². The van der Waals surface area contributed by atoms with Crippen molar-refractivity contribution in [3.05, 3.63) is 32.7 Å². The molecule has 0 aliphatic carbocycles. The fourth-order valence-electron chi connectivity index (χ4n) is 2.07. The average molecular weight is 372 g/mol. The van der Waals surface area contributed by atoms with Crippen molar-refractivity contribution in [1.29, 1.82) is 5.26 Å². The number of hydrogen-bond donors (Lipinski definition) is 0. The van der Waals surface area contributed by atoms with E-state index in [1.54, 1.807) is 0 Å². The number of amides is 1. The van der Waals surface area contributed by atoms with E-state index in [1.807, 2.05) is 23.1 Å². The minimum absolute atomic E-state index is 0.0355. The molecule has 0 N–H and O–H groups in total. The minimum Gasteiger partial charge on any atom is -0.339 e. The molecule has 1 heterocycles. The predicted molar refractivity (Wildman–Crippen MR) is 76.1 cm³/mol. The summed E-state index contributed by atoms with van der Waals surface area (Å²) < 4.78 is 1.76. The predicted octanol–water partition coefficient (Wildman–Crippen LogP) is 3.59. The van der Waals surface area contributed by atoms with E-state index < -0.39 is 0 Å². The molecule has 3 nitrogen and oxygen atoms in total. The Morgan fingerprint density at radius 3 is 2.28 bits per heavy atom. The van der Waals surface area contributed by atoms with Crippen molar-refractivity contribution in [2.75, 3.05) is 13.1 Å². The second kappa shape index (κ2) is 5.85. The summed E-state index contributed by atoms with van der Waals surface area (Å²) >= 11 is 6.76. The molecule has 0 saturated carbocycles. The molecule has 1 aliphatic heterocycles. The van der Waals surface area contributed by atoms with Crippen LogP contribution in [0.4, 0.5) is 0 Å². The van der Waals surface area contributed by atoms with Crippen LogP contribution in [0.25, 0.3) is 0 Å². The summed E-state index contributed by atoms with van der Waals surface area (Å²) in [5.74, 6) is 0.136. The van der Waals surface area contributed by atoms with E-state index in [0.29, 0.717) is 18.7 Å². The van der Waals surface area contributed by atoms with Crippen LogP contribution in [-0.2, 0) is 0 Å². The number of piperidine rings is 1. The quantitative estimate of drug-likeness (QED) is 0.757. The Kier molecular flexibility index (Phi) is 4.41. The summed E-state index contributed by atoms with van der Waals surface area (Å²) in [5, 5.41) is 8.84. The highest BCUT2D eigenvalue weighted by Crippen LogP contribution is 2.23. The first kappa shape index (κ1) is 13.6. The van der Waals surface area contributed by atoms with Crippen LogP contribution in [0.5, 0.6) is 0 Å². The molecular formula is C13H12Br2N2O. The molecule has 0 spiro atoms. The van der Waals surface area contributed by atoms with Gasteiger partial charge in [-0.1, -0.05) is 31.9 Å². The maximum absolute atomic E-state index is 12.3. The van der Waals surface area contributed by atoms with E-state index in [-0.39, 0.29) is 11.8 Å². The van der Waals surface area contributed by atoms with E-state index in [4.69, 9.17) is 5.26 Å². The lowest BCUT2D eigenvalue weighted by atomic mass is 9.98. The summed E-state index contributed by atoms with van der Waals surface area (Å²) in [5.41, 5.74) is 0.673. The van der Waals surface area contributed by atoms with Crippen LogP contribution in [0.1, 0.15) is 23.2 Å². The van der Waals surface area contributed by atoms with Gasteiger partial charge in [-0.3, -0.25) is 4.79 Å². The van der Waals surface area contributed by atoms with Crippen LogP contribution in [0, 0.1) is 17.2 Å². The first-order chi connectivity index (χ1) is 8.60. The lowest BCUT2D eigenvalue weighted by molar-refractivity contribution is 0.0707. The van der Waals surface area contributed by atoms with E-state index in [1.165, 1.54) is 0 Å². The Bertz CT molecular complexity index is 482. The molecule has 0 radical (unpaired) electrons. The van der Waals surface area contributed by atoms with Crippen LogP contribution >= 0.6 is 31.9 Å². The molecule has 1 aliphatic rings. The molecule has 0 atom stereocenters. The third-order valence-corrected chi connectivity index (χ3v) is 3.99. The molecule has 1 saturated heterocycles. The Balaban J connectivity index is 2.10. The fourth-order valence-corrected chi connectivity index (χ4v) is 3.37. The lowest BCUT2D eigenvalue weighted by Crippen LogP contribution is -2.38. The third kappa shape index (κ3) is 3.12. The van der Waals surface area contributed by atoms with Crippen LogP contribution in [0.3, 0.4) is 0 Å². The Hall–Kier alpha value is -0.860. The van der Waals surface area contributed by atoms with E-state index >= 15 is 0 Å². The molecule has 0 unspecified atom stereocenters. The largest absolute Gasteiger partial charge is 0.339 e. The van der Waals surface area contributed by atoms with E-state index in [9.17, 15) is 4.79 Å². The molecule has 1 aromatic rings. The molecule has 5 heteroatoms. The Labute approximate surface area is 123 Å². The van der Waals surface area contributed by atoms with Gasteiger partial charge in [0.2, 0.25) is 0 Å². The molecule has 1 aromatic carbocycles. The normalized spacial score (nSPS) is 16.4. The van der Waals surface area contributed by atoms with Gasteiger partial charge < -0.3 is 4.90 Å². The number of carbonyl (C=O) groups excluding carboxylic acids is 1. The van der Waals surface area contributed by atoms with Crippen molar-refractivity contribution in [3.8, 4) is 6.07 Å². The Morgan fingerprint density at radius 2 is 1.78 bits per heavy atom. The molecular weight excluding hydrogens is 360 g/mol. The monoisotopic (exact) mass is 370 g/mol. The summed E-state index contributed by atoms with van der Waals surface area (Å²) in [4.78, 5) is 14.1. The highest BCUT2D eigenvalue weighted by molar-refractivity contribution is 9.11. The number of benzene rings is 1. The SMILES string of the molecule is N#CC1CCN(C(=O)c2cc(Br)cc(Br)c2)CC1. The topological polar surface area (TPSA) is 44.1 Å². The van der Waals surface area contributed by atoms with Crippen LogP contribution in [0.15, 0.2) is 27.1 Å². The zero-order valence-electron chi connectivity index (χ0n) is 9.70. The van der Waals surface area contributed by atoms with Crippen LogP contribution < -0.4 is 0 Å². The number of nitrogens with zero attached hydrogens (tertiary/aromatic N) is 2. The van der Waals surface area contributed by atoms with Gasteiger partial charge >= 0.3 is 0 Å². The number of halogens is 2. The molecule has 2 rings (SSSR count). The van der Waals surface area contributed by atoms with Gasteiger partial charge in [-0.25, -0.2) is 0 Å². The van der Waals surface area contributed by atoms with Crippen molar-refractivity contribution < 1.29 is 4.79 Å². The molecule has 1 fully saturated rings. The van der Waals surface area contributed by atoms with Crippen LogP contribution in [0.2, 0.25) is 0 Å². The maximum atomic E-state index is 12.3. The van der Waals surface area contributed by atoms with Crippen molar-refractivity contribution in [1.82, 2.24) is 4.90 Å². The fraction of sp³-hybridized carbons (Fsp3) is 0.385. The van der Waals surface area contributed by atoms with Crippen molar-refractivity contribution >= 4 is 37.8 Å². The average Bonchev–Trinajstić information content (AvgIpc) is 2.37. The van der Waals surface area contributed by atoms with E-state index in [0.717, 1.165) is 21.8 Å². The van der Waals surface area contributed by atoms with Gasteiger partial charge in [0.1, 0.15) is 0 Å². The standard InChI is InChI=1S/C13H12Br2N2O/c14-11-5-10(6-12(15)7-11)13(18)17-3-1-9(8-16)2-4-17/h5-7,9H,1-4H2. The maximum Gasteiger partial charge on any atom is 0.253 e. The van der Waals surface area contributed by atoms with Crippen LogP contribution in [-0.4, -0.2) is 23.9 Å². The van der Waals surface area contributed by atoms with Crippen molar-refractivity contribution in [3.63, 3.8) is 0 Å². The molecule has 18 heavy (non-hydrogen) atoms. The van der Waals surface area contributed by atoms with Gasteiger partial charge in [0, 0.05) is 33.5 Å². The summed E-state index contributed by atoms with van der Waals surface area (Å²) in [6, 6.07) is 7.82. The number of nitriles is 1. The highest BCUT2D eigenvalue weighted by atomic mass is 79.9. The molecule has 0 aromatic heterocycles. The lowest BCUT2D eigenvalue weighted by Gasteiger charge is -2.29. The summed E-state index contributed by atoms with van der Waals surface area (Å²) in [7, 11) is 0. The Morgan fingerprint density at radius 1 is 1.22 bits per heavy atom. The minimum atomic E-state index is 0.0355. The first-order valence-electron chi connectivity index (χ1n) is 5.75. The molecule has 1 amide bonds. The number of rotatable bonds is 1. The van der Waals surface area contributed by atoms with Gasteiger partial charge in [0.25, 0.3) is 5.91 Å². The second-order valence-electron chi connectivity index (χ2n) is 4.35. The van der Waals surface area contributed by atoms with Gasteiger partial charge in [-0.2, -0.15) is 5.26 Å². The zero-order valence-corrected chi connectivity index (χ0v) is 12.9. The van der Waals surface area contributed by atoms with E-state index in [2.05, 4.69) is 37.9 Å². The summed E-state index contributed by atoms with van der Waals surface area (Å²) in [6.07, 6.45) is 1.55. The van der Waals surface area contributed by atoms with Gasteiger partial charge in [0.05, 0.1) is 6.07 Å². The number of carbonyl (C=O) groups is 1.